The number of hydrogen-bond donors (Lipinski definition) is 2. The molecule has 1 radical (unpaired) electrons. The molecule has 0 spiro atoms. The number of carbonyl (C=O) groups is 1. The summed E-state index contributed by atoms with van der Waals surface area (Å²) >= 11 is 0. The zero-order chi connectivity index (χ0) is 16.8. The first-order valence-corrected chi connectivity index (χ1v) is 6.63. The van der Waals surface area contributed by atoms with Crippen LogP contribution < -0.4 is 11.5 Å². The molecule has 1 atom stereocenters. The second kappa shape index (κ2) is 8.20. The van der Waals surface area contributed by atoms with Crippen molar-refractivity contribution in [2.75, 3.05) is 6.67 Å². The average molecular weight is 299 g/mol. The average Bonchev–Trinajstić information content (AvgIpc) is 2.40. The summed E-state index contributed by atoms with van der Waals surface area (Å²) in [6.45, 7) is 8.15. The first-order chi connectivity index (χ1) is 9.62. The van der Waals surface area contributed by atoms with Crippen molar-refractivity contribution < 1.29 is 10.6 Å². The summed E-state index contributed by atoms with van der Waals surface area (Å²) in [4.78, 5) is 16.0. The number of alkyl halides is 1. The fourth-order valence-corrected chi connectivity index (χ4v) is 2.02. The lowest BCUT2D eigenvalue weighted by atomic mass is 9.51. The number of guanidine groups is 1. The number of halogens is 1. The normalized spacial score (nSPS) is 15.8. The third kappa shape index (κ3) is 4.86. The molecule has 0 bridgehead atoms. The maximum absolute atomic E-state index is 13.6. The van der Waals surface area contributed by atoms with Crippen LogP contribution >= 0.6 is 0 Å². The van der Waals surface area contributed by atoms with Gasteiger partial charge in [-0.15, -0.1) is 0 Å². The van der Waals surface area contributed by atoms with Gasteiger partial charge in [-0.3, -0.25) is 4.79 Å². The Morgan fingerprint density at radius 3 is 2.24 bits per heavy atom. The third-order valence-electron chi connectivity index (χ3n) is 4.05. The summed E-state index contributed by atoms with van der Waals surface area (Å²) in [5.74, 6) is -0.933. The zero-order valence-corrected chi connectivity index (χ0v) is 13.1. The molecule has 1 amide bonds. The van der Waals surface area contributed by atoms with Crippen molar-refractivity contribution in [1.29, 1.82) is 0 Å². The van der Waals surface area contributed by atoms with Crippen molar-refractivity contribution in [1.82, 2.24) is 0 Å². The standard InChI is InChI=1S/C14H26BFN3O.CH4/c1-7-14(5,11(20)19-12(17)18)9(2)10(8-16)13(3,4)15-6;/h7-8H2,1-6H3,(H4,17,18,19,20);1H4/i5D;. The summed E-state index contributed by atoms with van der Waals surface area (Å²) in [6, 6.07) is 0. The van der Waals surface area contributed by atoms with Gasteiger partial charge in [0.2, 0.25) is 0 Å². The van der Waals surface area contributed by atoms with E-state index in [1.54, 1.807) is 13.8 Å². The van der Waals surface area contributed by atoms with Crippen LogP contribution in [-0.4, -0.2) is 25.8 Å². The van der Waals surface area contributed by atoms with E-state index in [2.05, 4.69) is 4.99 Å². The molecule has 0 aromatic heterocycles. The lowest BCUT2D eigenvalue weighted by molar-refractivity contribution is -0.124. The molecule has 0 saturated carbocycles. The highest BCUT2D eigenvalue weighted by Gasteiger charge is 2.37. The molecule has 0 aliphatic rings. The minimum Gasteiger partial charge on any atom is -0.370 e. The number of nitrogens with zero attached hydrogens (tertiary/aromatic N) is 1. The van der Waals surface area contributed by atoms with Gasteiger partial charge in [-0.2, -0.15) is 4.99 Å². The van der Waals surface area contributed by atoms with Crippen molar-refractivity contribution in [3.05, 3.63) is 11.1 Å². The van der Waals surface area contributed by atoms with Crippen molar-refractivity contribution >= 4 is 19.1 Å². The SMILES string of the molecule is C.[2H]CC(CC)(C(=O)N=C(N)N)C(C)=C(CF)C(C)(C)[B]C. The first-order valence-electron chi connectivity index (χ1n) is 7.34. The second-order valence-corrected chi connectivity index (χ2v) is 5.53. The Kier molecular flexibility index (Phi) is 7.68. The van der Waals surface area contributed by atoms with Crippen molar-refractivity contribution in [3.63, 3.8) is 0 Å². The van der Waals surface area contributed by atoms with Crippen LogP contribution in [0.2, 0.25) is 12.1 Å². The summed E-state index contributed by atoms with van der Waals surface area (Å²) in [5.41, 5.74) is 10.4. The molecule has 0 aromatic carbocycles. The lowest BCUT2D eigenvalue weighted by Crippen LogP contribution is -2.34. The van der Waals surface area contributed by atoms with Crippen LogP contribution in [0.4, 0.5) is 4.39 Å². The van der Waals surface area contributed by atoms with Gasteiger partial charge in [-0.25, -0.2) is 4.39 Å². The smallest absolute Gasteiger partial charge is 0.258 e. The molecule has 0 aliphatic carbocycles. The van der Waals surface area contributed by atoms with Gasteiger partial charge < -0.3 is 11.5 Å². The van der Waals surface area contributed by atoms with Crippen molar-refractivity contribution in [2.24, 2.45) is 21.9 Å². The van der Waals surface area contributed by atoms with E-state index in [4.69, 9.17) is 12.8 Å². The van der Waals surface area contributed by atoms with Gasteiger partial charge in [0.05, 0.1) is 5.41 Å². The molecule has 0 heterocycles. The zero-order valence-electron chi connectivity index (χ0n) is 14.1. The van der Waals surface area contributed by atoms with E-state index in [-0.39, 0.29) is 20.3 Å². The Bertz CT molecular complexity index is 442. The molecule has 21 heavy (non-hydrogen) atoms. The van der Waals surface area contributed by atoms with Crippen LogP contribution in [0.3, 0.4) is 0 Å². The molecule has 4 nitrogen and oxygen atoms in total. The largest absolute Gasteiger partial charge is 0.370 e. The van der Waals surface area contributed by atoms with Crippen molar-refractivity contribution in [3.8, 4) is 0 Å². The minimum absolute atomic E-state index is 0. The Morgan fingerprint density at radius 2 is 1.95 bits per heavy atom. The summed E-state index contributed by atoms with van der Waals surface area (Å²) in [7, 11) is 1.88. The fourth-order valence-electron chi connectivity index (χ4n) is 2.02. The number of allylic oxidation sites excluding steroid dienone is 1. The first kappa shape index (κ1) is 19.7. The van der Waals surface area contributed by atoms with Crippen LogP contribution in [0, 0.1) is 5.41 Å². The van der Waals surface area contributed by atoms with E-state index in [1.807, 2.05) is 28.0 Å². The number of carbonyl (C=O) groups excluding carboxylic acids is 1. The lowest BCUT2D eigenvalue weighted by Gasteiger charge is -2.34. The number of rotatable bonds is 6. The van der Waals surface area contributed by atoms with Gasteiger partial charge in [0.25, 0.3) is 5.91 Å². The van der Waals surface area contributed by atoms with Crippen LogP contribution in [-0.2, 0) is 4.79 Å². The van der Waals surface area contributed by atoms with Crippen molar-refractivity contribution in [2.45, 2.75) is 60.6 Å². The van der Waals surface area contributed by atoms with Gasteiger partial charge in [0.15, 0.2) is 5.96 Å². The monoisotopic (exact) mass is 299 g/mol. The van der Waals surface area contributed by atoms with E-state index in [0.29, 0.717) is 17.6 Å². The molecular formula is C15H30BFN3O. The molecule has 0 saturated heterocycles. The Morgan fingerprint density at radius 1 is 1.43 bits per heavy atom. The maximum atomic E-state index is 13.6. The van der Waals surface area contributed by atoms with Gasteiger partial charge in [-0.05, 0) is 31.1 Å². The highest BCUT2D eigenvalue weighted by Crippen LogP contribution is 2.43. The number of aliphatic imine (C=N–C) groups is 1. The molecule has 6 heteroatoms. The molecule has 4 N–H and O–H groups in total. The topological polar surface area (TPSA) is 81.5 Å². The number of amides is 1. The van der Waals surface area contributed by atoms with Gasteiger partial charge >= 0.3 is 0 Å². The summed E-state index contributed by atoms with van der Waals surface area (Å²) in [5, 5.41) is -0.507. The van der Waals surface area contributed by atoms with E-state index < -0.39 is 23.3 Å². The minimum atomic E-state index is -1.19. The van der Waals surface area contributed by atoms with E-state index in [9.17, 15) is 9.18 Å². The molecule has 0 rings (SSSR count). The predicted molar refractivity (Wildman–Crippen MR) is 90.3 cm³/mol. The quantitative estimate of drug-likeness (QED) is 0.342. The Labute approximate surface area is 130 Å². The van der Waals surface area contributed by atoms with Crippen LogP contribution in [0.5, 0.6) is 0 Å². The van der Waals surface area contributed by atoms with Gasteiger partial charge in [0, 0.05) is 1.37 Å². The highest BCUT2D eigenvalue weighted by molar-refractivity contribution is 6.39. The predicted octanol–water partition coefficient (Wildman–Crippen LogP) is 3.08. The molecular weight excluding hydrogens is 268 g/mol. The Balaban J connectivity index is 0. The fraction of sp³-hybridized carbons (Fsp3) is 0.733. The van der Waals surface area contributed by atoms with Gasteiger partial charge in [-0.1, -0.05) is 40.6 Å². The molecule has 0 aliphatic heterocycles. The highest BCUT2D eigenvalue weighted by atomic mass is 19.1. The van der Waals surface area contributed by atoms with Crippen LogP contribution in [0.25, 0.3) is 0 Å². The molecule has 121 valence electrons. The molecule has 1 unspecified atom stereocenters. The number of hydrogen-bond acceptors (Lipinski definition) is 1. The van der Waals surface area contributed by atoms with Gasteiger partial charge in [0.1, 0.15) is 14.0 Å². The Hall–Kier alpha value is -1.33. The van der Waals surface area contributed by atoms with Crippen LogP contribution in [0.15, 0.2) is 16.1 Å². The van der Waals surface area contributed by atoms with E-state index in [1.165, 1.54) is 0 Å². The molecule has 0 fully saturated rings. The molecule has 0 aromatic rings. The van der Waals surface area contributed by atoms with E-state index in [0.717, 1.165) is 0 Å². The van der Waals surface area contributed by atoms with Crippen LogP contribution in [0.1, 0.15) is 49.8 Å². The van der Waals surface area contributed by atoms with E-state index >= 15 is 0 Å². The number of nitrogens with two attached hydrogens (primary N) is 2. The second-order valence-electron chi connectivity index (χ2n) is 5.53. The maximum Gasteiger partial charge on any atom is 0.258 e. The summed E-state index contributed by atoms with van der Waals surface area (Å²) in [6.07, 6.45) is 0.335. The summed E-state index contributed by atoms with van der Waals surface area (Å²) < 4.78 is 21.4. The third-order valence-corrected chi connectivity index (χ3v) is 4.05.